The second kappa shape index (κ2) is 7.86. The van der Waals surface area contributed by atoms with Crippen molar-refractivity contribution in [1.82, 2.24) is 0 Å². The molecule has 10 heteroatoms. The van der Waals surface area contributed by atoms with E-state index in [1.54, 1.807) is 12.1 Å². The first-order chi connectivity index (χ1) is 13.3. The monoisotopic (exact) mass is 431 g/mol. The van der Waals surface area contributed by atoms with Crippen molar-refractivity contribution in [1.29, 1.82) is 0 Å². The van der Waals surface area contributed by atoms with Gasteiger partial charge in [-0.1, -0.05) is 17.7 Å². The Kier molecular flexibility index (Phi) is 6.12. The van der Waals surface area contributed by atoms with Crippen LogP contribution >= 0.6 is 0 Å². The maximum Gasteiger partial charge on any atom is 0.294 e. The molecule has 4 rings (SSSR count). The minimum absolute atomic E-state index is 0.0666. The summed E-state index contributed by atoms with van der Waals surface area (Å²) in [5.74, 6) is -1.20. The van der Waals surface area contributed by atoms with Crippen LogP contribution in [0.4, 0.5) is 0 Å². The summed E-state index contributed by atoms with van der Waals surface area (Å²) in [5, 5.41) is 0. The van der Waals surface area contributed by atoms with E-state index in [0.29, 0.717) is 6.61 Å². The van der Waals surface area contributed by atoms with Gasteiger partial charge in [-0.05, 0) is 46.8 Å². The first kappa shape index (κ1) is 22.6. The van der Waals surface area contributed by atoms with Gasteiger partial charge in [0.05, 0.1) is 11.5 Å². The average Bonchev–Trinajstić information content (AvgIpc) is 3.19. The third-order valence-electron chi connectivity index (χ3n) is 4.84. The lowest BCUT2D eigenvalue weighted by molar-refractivity contribution is -0.205. The van der Waals surface area contributed by atoms with Crippen LogP contribution in [-0.2, 0) is 33.8 Å². The highest BCUT2D eigenvalue weighted by atomic mass is 32.2. The van der Waals surface area contributed by atoms with Crippen molar-refractivity contribution < 1.29 is 36.7 Å². The van der Waals surface area contributed by atoms with E-state index in [9.17, 15) is 8.42 Å². The second-order valence-electron chi connectivity index (χ2n) is 8.29. The lowest BCUT2D eigenvalue weighted by atomic mass is 10.1. The van der Waals surface area contributed by atoms with Crippen LogP contribution in [0.2, 0.25) is 0 Å². The Hall–Kier alpha value is -1.11. The van der Waals surface area contributed by atoms with Gasteiger partial charge in [0, 0.05) is 0 Å². The maximum absolute atomic E-state index is 10.5. The van der Waals surface area contributed by atoms with Crippen molar-refractivity contribution in [2.45, 2.75) is 81.7 Å². The van der Waals surface area contributed by atoms with Crippen molar-refractivity contribution in [3.63, 3.8) is 0 Å². The number of hydrogen-bond donors (Lipinski definition) is 2. The molecule has 3 aliphatic rings. The number of nitrogens with two attached hydrogens (primary N) is 1. The van der Waals surface area contributed by atoms with E-state index in [-0.39, 0.29) is 29.3 Å². The number of benzene rings is 1. The largest absolute Gasteiger partial charge is 0.352 e. The summed E-state index contributed by atoms with van der Waals surface area (Å²) in [4.78, 5) is -0.0666. The van der Waals surface area contributed by atoms with Crippen molar-refractivity contribution in [2.24, 2.45) is 5.73 Å². The van der Waals surface area contributed by atoms with Crippen molar-refractivity contribution in [2.75, 3.05) is 6.61 Å². The lowest BCUT2D eigenvalue weighted by Gasteiger charge is -2.26. The molecule has 29 heavy (non-hydrogen) atoms. The molecule has 0 saturated carbocycles. The minimum atomic E-state index is -4.02. The van der Waals surface area contributed by atoms with Gasteiger partial charge in [0.15, 0.2) is 11.6 Å². The third-order valence-corrected chi connectivity index (χ3v) is 5.71. The summed E-state index contributed by atoms with van der Waals surface area (Å²) in [6.45, 7) is 9.85. The molecule has 0 aliphatic carbocycles. The normalized spacial score (nSPS) is 35.1. The Morgan fingerprint density at radius 2 is 1.55 bits per heavy atom. The molecule has 0 aromatic heterocycles. The summed E-state index contributed by atoms with van der Waals surface area (Å²) in [6.07, 6.45) is -1.32. The van der Waals surface area contributed by atoms with Gasteiger partial charge in [0.25, 0.3) is 10.1 Å². The molecule has 1 aromatic rings. The van der Waals surface area contributed by atoms with Crippen molar-refractivity contribution in [3.05, 3.63) is 29.8 Å². The van der Waals surface area contributed by atoms with Crippen LogP contribution in [0.25, 0.3) is 0 Å². The maximum atomic E-state index is 10.5. The summed E-state index contributed by atoms with van der Waals surface area (Å²) in [7, 11) is -4.02. The first-order valence-corrected chi connectivity index (χ1v) is 10.8. The Bertz CT molecular complexity index is 823. The fourth-order valence-electron chi connectivity index (χ4n) is 3.55. The van der Waals surface area contributed by atoms with Gasteiger partial charge in [-0.15, -0.1) is 0 Å². The van der Waals surface area contributed by atoms with Gasteiger partial charge in [0.1, 0.15) is 30.6 Å². The number of ether oxygens (including phenoxy) is 5. The Balaban J connectivity index is 0.000000188. The summed E-state index contributed by atoms with van der Waals surface area (Å²) in [5.41, 5.74) is 6.90. The molecule has 3 fully saturated rings. The predicted molar refractivity (Wildman–Crippen MR) is 103 cm³/mol. The number of aryl methyl sites for hydroxylation is 1. The lowest BCUT2D eigenvalue weighted by Crippen LogP contribution is -2.40. The van der Waals surface area contributed by atoms with Gasteiger partial charge < -0.3 is 29.4 Å². The standard InChI is InChI=1S/C12H21NO5.C7H8O3S/c1-11(2)14-5-6(16-11)7-8-9(10(13)15-7)18-12(3,4)17-8;1-6-2-4-7(5-3-6)11(8,9)10/h6-10H,5,13H2,1-4H3;2-5H,1H3,(H,8,9,10). The summed E-state index contributed by atoms with van der Waals surface area (Å²) >= 11 is 0. The van der Waals surface area contributed by atoms with Crippen LogP contribution in [0.15, 0.2) is 29.2 Å². The van der Waals surface area contributed by atoms with E-state index >= 15 is 0 Å². The second-order valence-corrected chi connectivity index (χ2v) is 9.71. The van der Waals surface area contributed by atoms with Crippen LogP contribution < -0.4 is 5.73 Å². The minimum Gasteiger partial charge on any atom is -0.352 e. The van der Waals surface area contributed by atoms with Gasteiger partial charge >= 0.3 is 0 Å². The van der Waals surface area contributed by atoms with Crippen LogP contribution in [0, 0.1) is 6.92 Å². The SMILES string of the molecule is CC1(C)OCC(C2OC(N)C3OC(C)(C)OC32)O1.Cc1ccc(S(=O)(=O)O)cc1. The van der Waals surface area contributed by atoms with E-state index < -0.39 is 27.9 Å². The molecule has 1 aromatic carbocycles. The van der Waals surface area contributed by atoms with E-state index in [1.165, 1.54) is 12.1 Å². The molecule has 3 saturated heterocycles. The zero-order valence-electron chi connectivity index (χ0n) is 17.2. The molecule has 5 unspecified atom stereocenters. The molecule has 0 spiro atoms. The van der Waals surface area contributed by atoms with E-state index in [1.807, 2.05) is 34.6 Å². The molecule has 3 aliphatic heterocycles. The number of rotatable bonds is 2. The fraction of sp³-hybridized carbons (Fsp3) is 0.684. The number of hydrogen-bond acceptors (Lipinski definition) is 8. The molecule has 0 amide bonds. The van der Waals surface area contributed by atoms with Crippen LogP contribution in [0.3, 0.4) is 0 Å². The van der Waals surface area contributed by atoms with Crippen molar-refractivity contribution >= 4 is 10.1 Å². The summed E-state index contributed by atoms with van der Waals surface area (Å²) < 4.78 is 58.3. The first-order valence-electron chi connectivity index (χ1n) is 9.40. The zero-order valence-corrected chi connectivity index (χ0v) is 18.0. The van der Waals surface area contributed by atoms with Gasteiger partial charge in [0.2, 0.25) is 0 Å². The van der Waals surface area contributed by atoms with E-state index in [0.717, 1.165) is 5.56 Å². The van der Waals surface area contributed by atoms with E-state index in [4.69, 9.17) is 34.0 Å². The Morgan fingerprint density at radius 3 is 2.07 bits per heavy atom. The van der Waals surface area contributed by atoms with Gasteiger partial charge in [-0.25, -0.2) is 0 Å². The van der Waals surface area contributed by atoms with E-state index in [2.05, 4.69) is 0 Å². The highest BCUT2D eigenvalue weighted by Crippen LogP contribution is 2.40. The number of fused-ring (bicyclic) bond motifs is 1. The Morgan fingerprint density at radius 1 is 0.966 bits per heavy atom. The van der Waals surface area contributed by atoms with Crippen LogP contribution in [-0.4, -0.2) is 61.8 Å². The average molecular weight is 432 g/mol. The van der Waals surface area contributed by atoms with Crippen LogP contribution in [0.1, 0.15) is 33.3 Å². The molecule has 164 valence electrons. The smallest absolute Gasteiger partial charge is 0.294 e. The molecular formula is C19H29NO8S. The molecule has 0 bridgehead atoms. The molecule has 3 heterocycles. The molecule has 5 atom stereocenters. The molecule has 9 nitrogen and oxygen atoms in total. The van der Waals surface area contributed by atoms with Crippen LogP contribution in [0.5, 0.6) is 0 Å². The molecule has 3 N–H and O–H groups in total. The van der Waals surface area contributed by atoms with Gasteiger partial charge in [-0.2, -0.15) is 8.42 Å². The highest BCUT2D eigenvalue weighted by Gasteiger charge is 2.58. The third kappa shape index (κ3) is 5.33. The van der Waals surface area contributed by atoms with Gasteiger partial charge in [-0.3, -0.25) is 4.55 Å². The quantitative estimate of drug-likeness (QED) is 0.671. The molecule has 0 radical (unpaired) electrons. The zero-order chi connectivity index (χ0) is 21.6. The van der Waals surface area contributed by atoms with Crippen molar-refractivity contribution in [3.8, 4) is 0 Å². The summed E-state index contributed by atoms with van der Waals surface area (Å²) in [6, 6.07) is 5.99. The topological polar surface area (TPSA) is 127 Å². The highest BCUT2D eigenvalue weighted by molar-refractivity contribution is 7.85. The predicted octanol–water partition coefficient (Wildman–Crippen LogP) is 1.58. The fourth-order valence-corrected chi connectivity index (χ4v) is 4.03. The molecular weight excluding hydrogens is 402 g/mol. The Labute approximate surface area is 171 Å².